The lowest BCUT2D eigenvalue weighted by Gasteiger charge is -2.17. The summed E-state index contributed by atoms with van der Waals surface area (Å²) in [5.41, 5.74) is 3.09. The van der Waals surface area contributed by atoms with Crippen molar-refractivity contribution < 1.29 is 22.7 Å². The number of likely N-dealkylation sites (N-methyl/N-ethyl adjacent to an activating group) is 1. The second-order valence-corrected chi connectivity index (χ2v) is 9.72. The van der Waals surface area contributed by atoms with E-state index < -0.39 is 15.9 Å². The number of methoxy groups -OCH3 is 1. The number of anilines is 3. The number of hydrogen-bond donors (Lipinski definition) is 4. The standard InChI is InChI=1S/C25H25N5O5S.ClH/c1-26-22(31)14-27-25(32)18-9-6-8-17-23(16-7-4-5-10-19(16)28-24(17)18)29-20-12-11-15(13-21(20)35-2)30-36(3,33)34;/h4-13,30H,14H2,1-3H3,(H,26,31)(H,27,32)(H,28,29);1H. The largest absolute Gasteiger partial charge is 0.494 e. The smallest absolute Gasteiger partial charge is 0.253 e. The first-order valence-electron chi connectivity index (χ1n) is 10.9. The van der Waals surface area contributed by atoms with E-state index in [1.54, 1.807) is 30.3 Å². The maximum atomic E-state index is 12.9. The van der Waals surface area contributed by atoms with Crippen LogP contribution in [0, 0.1) is 0 Å². The number of para-hydroxylation sites is 2. The summed E-state index contributed by atoms with van der Waals surface area (Å²) in [6.07, 6.45) is 1.07. The number of hydrogen-bond acceptors (Lipinski definition) is 7. The third-order valence-electron chi connectivity index (χ3n) is 5.41. The lowest BCUT2D eigenvalue weighted by atomic mass is 10.0. The van der Waals surface area contributed by atoms with Gasteiger partial charge in [-0.2, -0.15) is 0 Å². The molecule has 0 spiro atoms. The van der Waals surface area contributed by atoms with Crippen LogP contribution in [0.25, 0.3) is 21.8 Å². The minimum absolute atomic E-state index is 0. The van der Waals surface area contributed by atoms with E-state index in [4.69, 9.17) is 9.72 Å². The van der Waals surface area contributed by atoms with Gasteiger partial charge in [-0.05, 0) is 24.3 Å². The van der Waals surface area contributed by atoms with E-state index in [-0.39, 0.29) is 24.9 Å². The van der Waals surface area contributed by atoms with Gasteiger partial charge < -0.3 is 20.7 Å². The normalized spacial score (nSPS) is 10.9. The molecule has 1 aromatic heterocycles. The minimum Gasteiger partial charge on any atom is -0.494 e. The number of rotatable bonds is 8. The van der Waals surface area contributed by atoms with Crippen molar-refractivity contribution >= 4 is 73.1 Å². The van der Waals surface area contributed by atoms with Crippen molar-refractivity contribution in [3.63, 3.8) is 0 Å². The Balaban J connectivity index is 0.00000380. The van der Waals surface area contributed by atoms with Crippen molar-refractivity contribution in [2.75, 3.05) is 37.0 Å². The molecule has 0 radical (unpaired) electrons. The van der Waals surface area contributed by atoms with Crippen LogP contribution in [-0.4, -0.2) is 52.2 Å². The predicted molar refractivity (Wildman–Crippen MR) is 148 cm³/mol. The third kappa shape index (κ3) is 6.19. The number of carbonyl (C=O) groups is 2. The summed E-state index contributed by atoms with van der Waals surface area (Å²) in [4.78, 5) is 29.2. The lowest BCUT2D eigenvalue weighted by molar-refractivity contribution is -0.119. The van der Waals surface area contributed by atoms with Crippen molar-refractivity contribution in [1.29, 1.82) is 0 Å². The fourth-order valence-corrected chi connectivity index (χ4v) is 4.34. The number of carbonyl (C=O) groups excluding carboxylic acids is 2. The second kappa shape index (κ2) is 11.3. The predicted octanol–water partition coefficient (Wildman–Crippen LogP) is 3.41. The Kier molecular flexibility index (Phi) is 8.41. The van der Waals surface area contributed by atoms with E-state index in [9.17, 15) is 18.0 Å². The van der Waals surface area contributed by atoms with E-state index >= 15 is 0 Å². The summed E-state index contributed by atoms with van der Waals surface area (Å²) < 4.78 is 31.2. The van der Waals surface area contributed by atoms with Gasteiger partial charge in [0.2, 0.25) is 15.9 Å². The topological polar surface area (TPSA) is 139 Å². The molecule has 37 heavy (non-hydrogen) atoms. The molecule has 0 saturated heterocycles. The molecule has 0 aliphatic rings. The second-order valence-electron chi connectivity index (χ2n) is 7.98. The van der Waals surface area contributed by atoms with Crippen molar-refractivity contribution in [1.82, 2.24) is 15.6 Å². The minimum atomic E-state index is -3.45. The molecule has 0 aliphatic carbocycles. The number of aromatic nitrogens is 1. The fraction of sp³-hybridized carbons (Fsp3) is 0.160. The first-order valence-corrected chi connectivity index (χ1v) is 12.8. The SMILES string of the molecule is CNC(=O)CNC(=O)c1cccc2c(Nc3ccc(NS(C)(=O)=O)cc3OC)c3ccccc3nc12.Cl. The van der Waals surface area contributed by atoms with E-state index in [0.29, 0.717) is 44.8 Å². The van der Waals surface area contributed by atoms with Gasteiger partial charge in [0.15, 0.2) is 0 Å². The Morgan fingerprint density at radius 3 is 2.43 bits per heavy atom. The summed E-state index contributed by atoms with van der Waals surface area (Å²) in [5, 5.41) is 9.96. The van der Waals surface area contributed by atoms with Crippen LogP contribution in [0.5, 0.6) is 5.75 Å². The zero-order valence-electron chi connectivity index (χ0n) is 20.3. The number of halogens is 1. The molecule has 3 aromatic carbocycles. The van der Waals surface area contributed by atoms with Crippen LogP contribution in [0.1, 0.15) is 10.4 Å². The lowest BCUT2D eigenvalue weighted by Crippen LogP contribution is -2.35. The Labute approximate surface area is 220 Å². The molecule has 0 atom stereocenters. The molecule has 0 saturated carbocycles. The monoisotopic (exact) mass is 543 g/mol. The van der Waals surface area contributed by atoms with Crippen LogP contribution in [0.2, 0.25) is 0 Å². The summed E-state index contributed by atoms with van der Waals surface area (Å²) in [5.74, 6) is -0.325. The van der Waals surface area contributed by atoms with E-state index in [0.717, 1.165) is 11.6 Å². The van der Waals surface area contributed by atoms with Crippen LogP contribution in [-0.2, 0) is 14.8 Å². The van der Waals surface area contributed by atoms with Gasteiger partial charge in [0.05, 0.1) is 53.6 Å². The zero-order chi connectivity index (χ0) is 25.9. The van der Waals surface area contributed by atoms with Crippen molar-refractivity contribution in [3.05, 3.63) is 66.2 Å². The van der Waals surface area contributed by atoms with E-state index in [2.05, 4.69) is 20.7 Å². The summed E-state index contributed by atoms with van der Waals surface area (Å²) >= 11 is 0. The Hall–Kier alpha value is -4.09. The molecule has 4 rings (SSSR count). The van der Waals surface area contributed by atoms with Gasteiger partial charge in [-0.3, -0.25) is 14.3 Å². The number of sulfonamides is 1. The van der Waals surface area contributed by atoms with E-state index in [1.807, 2.05) is 30.3 Å². The number of fused-ring (bicyclic) bond motifs is 2. The van der Waals surface area contributed by atoms with Gasteiger partial charge in [-0.25, -0.2) is 13.4 Å². The highest BCUT2D eigenvalue weighted by molar-refractivity contribution is 7.92. The quantitative estimate of drug-likeness (QED) is 0.250. The zero-order valence-corrected chi connectivity index (χ0v) is 21.9. The molecule has 12 heteroatoms. The molecular weight excluding hydrogens is 518 g/mol. The first kappa shape index (κ1) is 27.5. The molecule has 10 nitrogen and oxygen atoms in total. The average Bonchev–Trinajstić information content (AvgIpc) is 2.86. The van der Waals surface area contributed by atoms with Crippen LogP contribution in [0.15, 0.2) is 60.7 Å². The third-order valence-corrected chi connectivity index (χ3v) is 6.01. The van der Waals surface area contributed by atoms with Crippen LogP contribution in [0.3, 0.4) is 0 Å². The van der Waals surface area contributed by atoms with Crippen molar-refractivity contribution in [2.24, 2.45) is 0 Å². The highest BCUT2D eigenvalue weighted by atomic mass is 35.5. The number of pyridine rings is 1. The molecule has 4 N–H and O–H groups in total. The number of benzene rings is 3. The van der Waals surface area contributed by atoms with Crippen LogP contribution >= 0.6 is 12.4 Å². The molecule has 0 unspecified atom stereocenters. The molecular formula is C25H26ClN5O5S. The van der Waals surface area contributed by atoms with Gasteiger partial charge in [0.25, 0.3) is 5.91 Å². The molecule has 2 amide bonds. The average molecular weight is 544 g/mol. The molecule has 1 heterocycles. The highest BCUT2D eigenvalue weighted by Gasteiger charge is 2.18. The van der Waals surface area contributed by atoms with Gasteiger partial charge in [0, 0.05) is 23.9 Å². The molecule has 0 bridgehead atoms. The maximum absolute atomic E-state index is 12.9. The molecule has 0 aliphatic heterocycles. The van der Waals surface area contributed by atoms with Gasteiger partial charge in [-0.15, -0.1) is 12.4 Å². The van der Waals surface area contributed by atoms with Crippen molar-refractivity contribution in [3.8, 4) is 5.75 Å². The Morgan fingerprint density at radius 1 is 1.00 bits per heavy atom. The highest BCUT2D eigenvalue weighted by Crippen LogP contribution is 2.37. The summed E-state index contributed by atoms with van der Waals surface area (Å²) in [6, 6.07) is 17.6. The Morgan fingerprint density at radius 2 is 1.73 bits per heavy atom. The summed E-state index contributed by atoms with van der Waals surface area (Å²) in [6.45, 7) is -0.157. The number of nitrogens with one attached hydrogen (secondary N) is 4. The maximum Gasteiger partial charge on any atom is 0.253 e. The molecule has 194 valence electrons. The molecule has 4 aromatic rings. The first-order chi connectivity index (χ1) is 17.2. The number of nitrogens with zero attached hydrogens (tertiary/aromatic N) is 1. The number of ether oxygens (including phenoxy) is 1. The fourth-order valence-electron chi connectivity index (χ4n) is 3.78. The van der Waals surface area contributed by atoms with Crippen LogP contribution in [0.4, 0.5) is 17.1 Å². The summed E-state index contributed by atoms with van der Waals surface area (Å²) in [7, 11) is -0.469. The number of amides is 2. The van der Waals surface area contributed by atoms with Gasteiger partial charge >= 0.3 is 0 Å². The molecule has 0 fully saturated rings. The van der Waals surface area contributed by atoms with Gasteiger partial charge in [-0.1, -0.05) is 30.3 Å². The van der Waals surface area contributed by atoms with Crippen LogP contribution < -0.4 is 25.4 Å². The Bertz CT molecular complexity index is 1590. The van der Waals surface area contributed by atoms with E-state index in [1.165, 1.54) is 14.2 Å². The van der Waals surface area contributed by atoms with Crippen molar-refractivity contribution in [2.45, 2.75) is 0 Å². The van der Waals surface area contributed by atoms with Gasteiger partial charge in [0.1, 0.15) is 5.75 Å².